The van der Waals surface area contributed by atoms with Crippen LogP contribution in [0.4, 0.5) is 5.69 Å². The summed E-state index contributed by atoms with van der Waals surface area (Å²) in [6.07, 6.45) is 1.85. The van der Waals surface area contributed by atoms with Crippen molar-refractivity contribution >= 4 is 21.6 Å². The number of carbonyl (C=O) groups is 1. The van der Waals surface area contributed by atoms with Crippen molar-refractivity contribution < 1.29 is 17.9 Å². The number of aryl methyl sites for hydroxylation is 1. The fourth-order valence-corrected chi connectivity index (χ4v) is 5.93. The summed E-state index contributed by atoms with van der Waals surface area (Å²) in [5.74, 6) is -0.115. The molecule has 9 heteroatoms. The van der Waals surface area contributed by atoms with Crippen molar-refractivity contribution in [2.75, 3.05) is 24.4 Å². The first kappa shape index (κ1) is 24.7. The Bertz CT molecular complexity index is 1470. The molecule has 1 aliphatic rings. The highest BCUT2D eigenvalue weighted by atomic mass is 32.2. The van der Waals surface area contributed by atoms with Crippen molar-refractivity contribution in [3.05, 3.63) is 113 Å². The fourth-order valence-electron chi connectivity index (χ4n) is 4.53. The van der Waals surface area contributed by atoms with Gasteiger partial charge in [-0.05, 0) is 35.4 Å². The van der Waals surface area contributed by atoms with Gasteiger partial charge in [0.25, 0.3) is 15.9 Å². The quantitative estimate of drug-likeness (QED) is 0.400. The topological polar surface area (TPSA) is 93.5 Å². The number of ether oxygens (including phenoxy) is 1. The number of nitrogens with zero attached hydrogens (tertiary/aromatic N) is 3. The Labute approximate surface area is 216 Å². The van der Waals surface area contributed by atoms with Crippen LogP contribution in [0.5, 0.6) is 0 Å². The minimum atomic E-state index is -3.90. The first-order valence-electron chi connectivity index (χ1n) is 12.0. The van der Waals surface area contributed by atoms with Gasteiger partial charge >= 0.3 is 0 Å². The highest BCUT2D eigenvalue weighted by Crippen LogP contribution is 2.25. The molecular formula is C28H28N4O4S. The Kier molecular flexibility index (Phi) is 7.07. The van der Waals surface area contributed by atoms with E-state index in [1.54, 1.807) is 42.4 Å². The molecule has 2 heterocycles. The maximum Gasteiger partial charge on any atom is 0.279 e. The van der Waals surface area contributed by atoms with Crippen molar-refractivity contribution in [1.82, 2.24) is 14.7 Å². The predicted octanol–water partition coefficient (Wildman–Crippen LogP) is 4.03. The zero-order valence-electron chi connectivity index (χ0n) is 20.4. The average molecular weight is 517 g/mol. The summed E-state index contributed by atoms with van der Waals surface area (Å²) in [6.45, 7) is 1.42. The van der Waals surface area contributed by atoms with Crippen LogP contribution in [-0.4, -0.2) is 48.7 Å². The number of aromatic nitrogens is 2. The molecule has 8 nitrogen and oxygen atoms in total. The third-order valence-corrected chi connectivity index (χ3v) is 7.90. The lowest BCUT2D eigenvalue weighted by Gasteiger charge is -2.33. The smallest absolute Gasteiger partial charge is 0.279 e. The molecule has 1 fully saturated rings. The lowest BCUT2D eigenvalue weighted by molar-refractivity contribution is -0.0228. The molecule has 1 saturated heterocycles. The highest BCUT2D eigenvalue weighted by molar-refractivity contribution is 7.92. The van der Waals surface area contributed by atoms with Gasteiger partial charge in [0.2, 0.25) is 0 Å². The van der Waals surface area contributed by atoms with E-state index >= 15 is 0 Å². The highest BCUT2D eigenvalue weighted by Gasteiger charge is 2.27. The molecule has 0 bridgehead atoms. The largest absolute Gasteiger partial charge is 0.370 e. The number of benzene rings is 3. The number of nitrogens with one attached hydrogen (secondary N) is 1. The zero-order chi connectivity index (χ0) is 25.8. The molecule has 1 N–H and O–H groups in total. The summed E-state index contributed by atoms with van der Waals surface area (Å²) in [5.41, 5.74) is 3.49. The molecule has 0 radical (unpaired) electrons. The summed E-state index contributed by atoms with van der Waals surface area (Å²) in [4.78, 5) is 14.9. The Hall–Kier alpha value is -3.95. The van der Waals surface area contributed by atoms with Gasteiger partial charge in [-0.15, -0.1) is 0 Å². The first-order valence-corrected chi connectivity index (χ1v) is 13.5. The first-order chi connectivity index (χ1) is 17.9. The molecule has 1 amide bonds. The van der Waals surface area contributed by atoms with Crippen LogP contribution in [0.3, 0.4) is 0 Å². The Morgan fingerprint density at radius 1 is 1.00 bits per heavy atom. The van der Waals surface area contributed by atoms with Crippen LogP contribution >= 0.6 is 0 Å². The SMILES string of the molecule is Cn1ncc(Cc2ccccc2)c1S(=O)(=O)Nc1ccc(C(=O)N2CCOC(c3ccccc3)C2)cc1. The van der Waals surface area contributed by atoms with E-state index in [9.17, 15) is 13.2 Å². The van der Waals surface area contributed by atoms with Crippen LogP contribution in [0.2, 0.25) is 0 Å². The molecular weight excluding hydrogens is 488 g/mol. The number of hydrogen-bond acceptors (Lipinski definition) is 5. The molecule has 1 aromatic heterocycles. The van der Waals surface area contributed by atoms with E-state index < -0.39 is 10.0 Å². The van der Waals surface area contributed by atoms with Gasteiger partial charge in [0.1, 0.15) is 6.10 Å². The van der Waals surface area contributed by atoms with Crippen molar-refractivity contribution in [1.29, 1.82) is 0 Å². The minimum Gasteiger partial charge on any atom is -0.370 e. The summed E-state index contributed by atoms with van der Waals surface area (Å²) in [7, 11) is -2.30. The van der Waals surface area contributed by atoms with Gasteiger partial charge in [-0.25, -0.2) is 0 Å². The van der Waals surface area contributed by atoms with E-state index in [-0.39, 0.29) is 17.0 Å². The molecule has 1 unspecified atom stereocenters. The van der Waals surface area contributed by atoms with Crippen molar-refractivity contribution in [3.8, 4) is 0 Å². The predicted molar refractivity (Wildman–Crippen MR) is 141 cm³/mol. The van der Waals surface area contributed by atoms with Crippen molar-refractivity contribution in [3.63, 3.8) is 0 Å². The normalized spacial score (nSPS) is 15.9. The number of carbonyl (C=O) groups excluding carboxylic acids is 1. The van der Waals surface area contributed by atoms with Crippen molar-refractivity contribution in [2.24, 2.45) is 7.05 Å². The molecule has 0 aliphatic carbocycles. The maximum absolute atomic E-state index is 13.3. The van der Waals surface area contributed by atoms with E-state index in [1.165, 1.54) is 4.68 Å². The Morgan fingerprint density at radius 3 is 2.38 bits per heavy atom. The minimum absolute atomic E-state index is 0.108. The van der Waals surface area contributed by atoms with E-state index in [1.807, 2.05) is 60.7 Å². The van der Waals surface area contributed by atoms with E-state index in [0.717, 1.165) is 11.1 Å². The lowest BCUT2D eigenvalue weighted by atomic mass is 10.1. The number of morpholine rings is 1. The van der Waals surface area contributed by atoms with Gasteiger partial charge in [-0.3, -0.25) is 14.2 Å². The third-order valence-electron chi connectivity index (χ3n) is 6.36. The molecule has 190 valence electrons. The van der Waals surface area contributed by atoms with E-state index in [0.29, 0.717) is 42.9 Å². The molecule has 1 atom stereocenters. The third kappa shape index (κ3) is 5.58. The second kappa shape index (κ2) is 10.6. The number of hydrogen-bond donors (Lipinski definition) is 1. The standard InChI is InChI=1S/C28H28N4O4S/c1-31-28(24(19-29-31)18-21-8-4-2-5-9-21)37(34,35)30-25-14-12-23(13-15-25)27(33)32-16-17-36-26(20-32)22-10-6-3-7-11-22/h2-15,19,26,30H,16-18,20H2,1H3. The second-order valence-electron chi connectivity index (χ2n) is 8.97. The van der Waals surface area contributed by atoms with E-state index in [2.05, 4.69) is 9.82 Å². The monoisotopic (exact) mass is 516 g/mol. The van der Waals surface area contributed by atoms with Gasteiger partial charge in [0.05, 0.1) is 19.3 Å². The number of anilines is 1. The van der Waals surface area contributed by atoms with E-state index in [4.69, 9.17) is 4.74 Å². The molecule has 1 aliphatic heterocycles. The zero-order valence-corrected chi connectivity index (χ0v) is 21.3. The van der Waals surface area contributed by atoms with Gasteiger partial charge in [-0.2, -0.15) is 13.5 Å². The summed E-state index contributed by atoms with van der Waals surface area (Å²) < 4.78 is 36.4. The van der Waals surface area contributed by atoms with Gasteiger partial charge in [0, 0.05) is 36.8 Å². The van der Waals surface area contributed by atoms with Gasteiger partial charge in [-0.1, -0.05) is 60.7 Å². The van der Waals surface area contributed by atoms with Gasteiger partial charge < -0.3 is 9.64 Å². The van der Waals surface area contributed by atoms with Crippen LogP contribution in [0, 0.1) is 0 Å². The van der Waals surface area contributed by atoms with Crippen LogP contribution in [0.15, 0.2) is 96.2 Å². The maximum atomic E-state index is 13.3. The average Bonchev–Trinajstić information content (AvgIpc) is 3.30. The van der Waals surface area contributed by atoms with Crippen LogP contribution in [0.1, 0.15) is 33.2 Å². The molecule has 0 spiro atoms. The summed E-state index contributed by atoms with van der Waals surface area (Å²) >= 11 is 0. The molecule has 3 aromatic carbocycles. The number of amides is 1. The number of sulfonamides is 1. The lowest BCUT2D eigenvalue weighted by Crippen LogP contribution is -2.42. The van der Waals surface area contributed by atoms with Crippen molar-refractivity contribution in [2.45, 2.75) is 17.6 Å². The summed E-state index contributed by atoms with van der Waals surface area (Å²) in [5, 5.41) is 4.28. The molecule has 5 rings (SSSR count). The molecule has 4 aromatic rings. The molecule has 0 saturated carbocycles. The Balaban J connectivity index is 1.28. The second-order valence-corrected chi connectivity index (χ2v) is 10.6. The molecule has 37 heavy (non-hydrogen) atoms. The fraction of sp³-hybridized carbons (Fsp3) is 0.214. The van der Waals surface area contributed by atoms with Gasteiger partial charge in [0.15, 0.2) is 5.03 Å². The van der Waals surface area contributed by atoms with Crippen LogP contribution in [-0.2, 0) is 28.2 Å². The summed E-state index contributed by atoms with van der Waals surface area (Å²) in [6, 6.07) is 26.0. The Morgan fingerprint density at radius 2 is 1.68 bits per heavy atom. The van der Waals surface area contributed by atoms with Crippen LogP contribution < -0.4 is 4.72 Å². The number of rotatable bonds is 7. The van der Waals surface area contributed by atoms with Crippen LogP contribution in [0.25, 0.3) is 0 Å².